The molecule has 2 aromatic rings. The van der Waals surface area contributed by atoms with Gasteiger partial charge in [-0.2, -0.15) is 5.10 Å². The minimum Gasteiger partial charge on any atom is -0.366 e. The number of primary amides is 1. The van der Waals surface area contributed by atoms with E-state index in [2.05, 4.69) is 20.8 Å². The number of nitrogens with zero attached hydrogens (tertiary/aromatic N) is 1. The van der Waals surface area contributed by atoms with Crippen molar-refractivity contribution in [3.63, 3.8) is 0 Å². The molecule has 3 amide bonds. The fourth-order valence-electron chi connectivity index (χ4n) is 2.03. The molecular formula is C14H15N5O2. The number of rotatable bonds is 4. The molecule has 0 saturated heterocycles. The quantitative estimate of drug-likeness (QED) is 0.689. The van der Waals surface area contributed by atoms with Gasteiger partial charge in [-0.25, -0.2) is 4.79 Å². The van der Waals surface area contributed by atoms with Gasteiger partial charge in [0.15, 0.2) is 5.82 Å². The van der Waals surface area contributed by atoms with Crippen molar-refractivity contribution in [1.29, 1.82) is 0 Å². The van der Waals surface area contributed by atoms with E-state index in [0.29, 0.717) is 23.0 Å². The van der Waals surface area contributed by atoms with Crippen LogP contribution in [0.3, 0.4) is 0 Å². The normalized spacial score (nSPS) is 13.7. The molecular weight excluding hydrogens is 270 g/mol. The molecule has 1 saturated carbocycles. The first-order chi connectivity index (χ1) is 10.1. The number of aromatic amines is 1. The van der Waals surface area contributed by atoms with E-state index in [4.69, 9.17) is 5.73 Å². The number of urea groups is 1. The number of amides is 3. The van der Waals surface area contributed by atoms with Gasteiger partial charge < -0.3 is 11.1 Å². The molecule has 1 aromatic carbocycles. The number of nitrogens with one attached hydrogen (secondary N) is 3. The Labute approximate surface area is 120 Å². The first-order valence-corrected chi connectivity index (χ1v) is 6.65. The zero-order valence-electron chi connectivity index (χ0n) is 11.2. The standard InChI is InChI=1S/C14H15N5O2/c15-13(20)9-2-1-3-10(6-9)16-14(21)17-12-7-11(18-19-12)8-4-5-8/h1-3,6-8H,4-5H2,(H2,15,20)(H3,16,17,18,19,21). The molecule has 1 heterocycles. The van der Waals surface area contributed by atoms with Crippen LogP contribution in [0.1, 0.15) is 34.8 Å². The van der Waals surface area contributed by atoms with Gasteiger partial charge in [-0.3, -0.25) is 15.2 Å². The highest BCUT2D eigenvalue weighted by Crippen LogP contribution is 2.39. The Morgan fingerprint density at radius 3 is 2.76 bits per heavy atom. The van der Waals surface area contributed by atoms with Crippen molar-refractivity contribution in [1.82, 2.24) is 10.2 Å². The van der Waals surface area contributed by atoms with Gasteiger partial charge in [0.05, 0.1) is 0 Å². The van der Waals surface area contributed by atoms with Crippen LogP contribution >= 0.6 is 0 Å². The molecule has 1 aromatic heterocycles. The maximum atomic E-state index is 11.9. The van der Waals surface area contributed by atoms with E-state index in [0.717, 1.165) is 18.5 Å². The van der Waals surface area contributed by atoms with E-state index in [1.165, 1.54) is 6.07 Å². The largest absolute Gasteiger partial charge is 0.366 e. The van der Waals surface area contributed by atoms with Crippen LogP contribution in [0, 0.1) is 0 Å². The number of benzene rings is 1. The van der Waals surface area contributed by atoms with Gasteiger partial charge in [-0.15, -0.1) is 0 Å². The number of nitrogens with two attached hydrogens (primary N) is 1. The van der Waals surface area contributed by atoms with Crippen LogP contribution in [0.4, 0.5) is 16.3 Å². The predicted octanol–water partition coefficient (Wildman–Crippen LogP) is 2.03. The molecule has 0 bridgehead atoms. The summed E-state index contributed by atoms with van der Waals surface area (Å²) in [7, 11) is 0. The Balaban J connectivity index is 1.62. The second kappa shape index (κ2) is 5.28. The summed E-state index contributed by atoms with van der Waals surface area (Å²) in [5.74, 6) is 0.476. The van der Waals surface area contributed by atoms with Crippen LogP contribution in [-0.2, 0) is 0 Å². The number of hydrogen-bond donors (Lipinski definition) is 4. The van der Waals surface area contributed by atoms with Crippen LogP contribution < -0.4 is 16.4 Å². The van der Waals surface area contributed by atoms with E-state index in [1.54, 1.807) is 18.2 Å². The van der Waals surface area contributed by atoms with Crippen LogP contribution in [0.15, 0.2) is 30.3 Å². The van der Waals surface area contributed by atoms with Gasteiger partial charge in [0, 0.05) is 28.9 Å². The van der Waals surface area contributed by atoms with E-state index in [1.807, 2.05) is 6.07 Å². The average Bonchev–Trinajstić information content (AvgIpc) is 3.20. The predicted molar refractivity (Wildman–Crippen MR) is 78.2 cm³/mol. The summed E-state index contributed by atoms with van der Waals surface area (Å²) in [4.78, 5) is 22.9. The Hall–Kier alpha value is -2.83. The van der Waals surface area contributed by atoms with Crippen molar-refractivity contribution in [3.05, 3.63) is 41.6 Å². The second-order valence-electron chi connectivity index (χ2n) is 5.01. The van der Waals surface area contributed by atoms with Crippen molar-refractivity contribution in [2.24, 2.45) is 5.73 Å². The highest BCUT2D eigenvalue weighted by atomic mass is 16.2. The minimum atomic E-state index is -0.541. The Morgan fingerprint density at radius 1 is 1.24 bits per heavy atom. The first kappa shape index (κ1) is 13.2. The van der Waals surface area contributed by atoms with E-state index >= 15 is 0 Å². The third-order valence-corrected chi connectivity index (χ3v) is 3.26. The number of H-pyrrole nitrogens is 1. The van der Waals surface area contributed by atoms with Crippen LogP contribution in [0.5, 0.6) is 0 Å². The van der Waals surface area contributed by atoms with Crippen LogP contribution in [0.25, 0.3) is 0 Å². The maximum Gasteiger partial charge on any atom is 0.324 e. The molecule has 108 valence electrons. The van der Waals surface area contributed by atoms with Gasteiger partial charge in [-0.1, -0.05) is 6.07 Å². The highest BCUT2D eigenvalue weighted by molar-refractivity contribution is 6.00. The van der Waals surface area contributed by atoms with E-state index in [9.17, 15) is 9.59 Å². The molecule has 21 heavy (non-hydrogen) atoms. The maximum absolute atomic E-state index is 11.9. The van der Waals surface area contributed by atoms with Gasteiger partial charge in [0.25, 0.3) is 0 Å². The minimum absolute atomic E-state index is 0.337. The lowest BCUT2D eigenvalue weighted by Gasteiger charge is -2.06. The lowest BCUT2D eigenvalue weighted by Crippen LogP contribution is -2.20. The molecule has 3 rings (SSSR count). The molecule has 1 fully saturated rings. The topological polar surface area (TPSA) is 113 Å². The summed E-state index contributed by atoms with van der Waals surface area (Å²) in [6.45, 7) is 0. The molecule has 0 unspecified atom stereocenters. The monoisotopic (exact) mass is 285 g/mol. The molecule has 1 aliphatic carbocycles. The first-order valence-electron chi connectivity index (χ1n) is 6.65. The van der Waals surface area contributed by atoms with Gasteiger partial charge in [-0.05, 0) is 31.0 Å². The number of carbonyl (C=O) groups is 2. The molecule has 7 heteroatoms. The van der Waals surface area contributed by atoms with Gasteiger partial charge in [0.1, 0.15) is 0 Å². The SMILES string of the molecule is NC(=O)c1cccc(NC(=O)Nc2cc(C3CC3)[nH]n2)c1. The summed E-state index contributed by atoms with van der Waals surface area (Å²) in [5, 5.41) is 12.2. The average molecular weight is 285 g/mol. The lowest BCUT2D eigenvalue weighted by molar-refractivity contribution is 0.100. The lowest BCUT2D eigenvalue weighted by atomic mass is 10.2. The Morgan fingerprint density at radius 2 is 2.05 bits per heavy atom. The van der Waals surface area contributed by atoms with Crippen molar-refractivity contribution in [2.75, 3.05) is 10.6 Å². The van der Waals surface area contributed by atoms with Crippen molar-refractivity contribution in [2.45, 2.75) is 18.8 Å². The number of carbonyl (C=O) groups excluding carboxylic acids is 2. The molecule has 1 aliphatic rings. The van der Waals surface area contributed by atoms with Crippen molar-refractivity contribution >= 4 is 23.4 Å². The summed E-state index contributed by atoms with van der Waals surface area (Å²) in [6.07, 6.45) is 2.32. The number of anilines is 2. The summed E-state index contributed by atoms with van der Waals surface area (Å²) >= 11 is 0. The fraction of sp³-hybridized carbons (Fsp3) is 0.214. The summed E-state index contributed by atoms with van der Waals surface area (Å²) in [5.41, 5.74) is 7.06. The summed E-state index contributed by atoms with van der Waals surface area (Å²) in [6, 6.07) is 7.83. The van der Waals surface area contributed by atoms with Crippen LogP contribution in [-0.4, -0.2) is 22.1 Å². The smallest absolute Gasteiger partial charge is 0.324 e. The fourth-order valence-corrected chi connectivity index (χ4v) is 2.03. The van der Waals surface area contributed by atoms with Gasteiger partial charge in [0.2, 0.25) is 5.91 Å². The highest BCUT2D eigenvalue weighted by Gasteiger charge is 2.25. The number of aromatic nitrogens is 2. The van der Waals surface area contributed by atoms with E-state index in [-0.39, 0.29) is 0 Å². The Bertz CT molecular complexity index is 690. The third kappa shape index (κ3) is 3.19. The molecule has 0 spiro atoms. The molecule has 5 N–H and O–H groups in total. The number of hydrogen-bond acceptors (Lipinski definition) is 3. The second-order valence-corrected chi connectivity index (χ2v) is 5.01. The summed E-state index contributed by atoms with van der Waals surface area (Å²) < 4.78 is 0. The zero-order valence-corrected chi connectivity index (χ0v) is 11.2. The van der Waals surface area contributed by atoms with Crippen molar-refractivity contribution in [3.8, 4) is 0 Å². The molecule has 0 aliphatic heterocycles. The third-order valence-electron chi connectivity index (χ3n) is 3.26. The zero-order chi connectivity index (χ0) is 14.8. The van der Waals surface area contributed by atoms with Gasteiger partial charge >= 0.3 is 6.03 Å². The van der Waals surface area contributed by atoms with Crippen LogP contribution in [0.2, 0.25) is 0 Å². The Kier molecular flexibility index (Phi) is 3.31. The molecule has 0 radical (unpaired) electrons. The molecule has 0 atom stereocenters. The molecule has 7 nitrogen and oxygen atoms in total. The van der Waals surface area contributed by atoms with E-state index < -0.39 is 11.9 Å². The van der Waals surface area contributed by atoms with Crippen molar-refractivity contribution < 1.29 is 9.59 Å².